The van der Waals surface area contributed by atoms with Gasteiger partial charge in [0.2, 0.25) is 5.91 Å². The maximum atomic E-state index is 13.3. The molecule has 180 valence electrons. The van der Waals surface area contributed by atoms with Crippen LogP contribution in [0.5, 0.6) is 5.75 Å². The van der Waals surface area contributed by atoms with Gasteiger partial charge in [0.25, 0.3) is 11.5 Å². The van der Waals surface area contributed by atoms with E-state index in [-0.39, 0.29) is 11.8 Å². The average Bonchev–Trinajstić information content (AvgIpc) is 3.18. The molecule has 4 rings (SSSR count). The Labute approximate surface area is 210 Å². The van der Waals surface area contributed by atoms with E-state index < -0.39 is 11.6 Å². The molecule has 2 heterocycles. The number of thiophene rings is 1. The van der Waals surface area contributed by atoms with Crippen LogP contribution in [-0.2, 0) is 4.79 Å². The van der Waals surface area contributed by atoms with Crippen LogP contribution in [0.1, 0.15) is 33.8 Å². The molecule has 0 radical (unpaired) electrons. The maximum Gasteiger partial charge on any atom is 0.266 e. The van der Waals surface area contributed by atoms with Gasteiger partial charge in [-0.1, -0.05) is 29.8 Å². The number of anilines is 2. The summed E-state index contributed by atoms with van der Waals surface area (Å²) in [5.74, 6) is -0.237. The first kappa shape index (κ1) is 24.4. The van der Waals surface area contributed by atoms with Crippen molar-refractivity contribution < 1.29 is 14.3 Å². The number of methoxy groups -OCH3 is 1. The van der Waals surface area contributed by atoms with Crippen molar-refractivity contribution in [1.29, 1.82) is 0 Å². The highest BCUT2D eigenvalue weighted by Crippen LogP contribution is 2.30. The number of benzene rings is 2. The smallest absolute Gasteiger partial charge is 0.266 e. The van der Waals surface area contributed by atoms with Gasteiger partial charge in [0, 0.05) is 10.7 Å². The molecule has 2 aromatic carbocycles. The maximum absolute atomic E-state index is 13.3. The molecule has 0 bridgehead atoms. The fourth-order valence-corrected chi connectivity index (χ4v) is 4.86. The van der Waals surface area contributed by atoms with Gasteiger partial charge in [0.05, 0.1) is 29.4 Å². The molecular formula is C25H23ClN4O4S. The second kappa shape index (κ2) is 9.89. The van der Waals surface area contributed by atoms with Crippen LogP contribution < -0.4 is 20.9 Å². The third-order valence-electron chi connectivity index (χ3n) is 5.69. The summed E-state index contributed by atoms with van der Waals surface area (Å²) in [5.41, 5.74) is 2.03. The topological polar surface area (TPSA) is 102 Å². The first-order chi connectivity index (χ1) is 16.7. The molecule has 2 aromatic heterocycles. The van der Waals surface area contributed by atoms with E-state index >= 15 is 0 Å². The number of nitrogens with zero attached hydrogens (tertiary/aromatic N) is 2. The summed E-state index contributed by atoms with van der Waals surface area (Å²) < 4.78 is 6.55. The average molecular weight is 511 g/mol. The minimum absolute atomic E-state index is 0.307. The number of rotatable bonds is 6. The lowest BCUT2D eigenvalue weighted by atomic mass is 10.2. The molecule has 0 saturated heterocycles. The largest absolute Gasteiger partial charge is 0.495 e. The lowest BCUT2D eigenvalue weighted by Crippen LogP contribution is -2.32. The third kappa shape index (κ3) is 4.78. The Morgan fingerprint density at radius 1 is 1.11 bits per heavy atom. The molecule has 0 aliphatic rings. The van der Waals surface area contributed by atoms with E-state index in [1.54, 1.807) is 56.3 Å². The number of hydrogen-bond acceptors (Lipinski definition) is 6. The fourth-order valence-electron chi connectivity index (χ4n) is 3.65. The minimum atomic E-state index is -0.845. The quantitative estimate of drug-likeness (QED) is 0.371. The van der Waals surface area contributed by atoms with Crippen molar-refractivity contribution in [2.75, 3.05) is 17.7 Å². The Hall–Kier alpha value is -3.69. The van der Waals surface area contributed by atoms with Gasteiger partial charge >= 0.3 is 0 Å². The van der Waals surface area contributed by atoms with E-state index in [1.807, 2.05) is 6.92 Å². The van der Waals surface area contributed by atoms with E-state index in [0.717, 1.165) is 16.9 Å². The lowest BCUT2D eigenvalue weighted by Gasteiger charge is -2.16. The molecule has 2 amide bonds. The van der Waals surface area contributed by atoms with Crippen LogP contribution in [0.4, 0.5) is 11.4 Å². The predicted octanol–water partition coefficient (Wildman–Crippen LogP) is 5.19. The molecule has 0 fully saturated rings. The zero-order valence-electron chi connectivity index (χ0n) is 19.5. The summed E-state index contributed by atoms with van der Waals surface area (Å²) >= 11 is 7.17. The van der Waals surface area contributed by atoms with Crippen LogP contribution >= 0.6 is 22.9 Å². The monoisotopic (exact) mass is 510 g/mol. The zero-order chi connectivity index (χ0) is 25.3. The van der Waals surface area contributed by atoms with E-state index in [0.29, 0.717) is 42.8 Å². The Morgan fingerprint density at radius 3 is 2.60 bits per heavy atom. The van der Waals surface area contributed by atoms with Crippen LogP contribution in [0, 0.1) is 13.8 Å². The minimum Gasteiger partial charge on any atom is -0.495 e. The van der Waals surface area contributed by atoms with E-state index in [1.165, 1.54) is 18.0 Å². The lowest BCUT2D eigenvalue weighted by molar-refractivity contribution is -0.118. The highest BCUT2D eigenvalue weighted by molar-refractivity contribution is 7.20. The first-order valence-electron chi connectivity index (χ1n) is 10.7. The van der Waals surface area contributed by atoms with Crippen molar-refractivity contribution in [3.05, 3.63) is 80.2 Å². The van der Waals surface area contributed by atoms with E-state index in [2.05, 4.69) is 15.6 Å². The number of halogens is 1. The van der Waals surface area contributed by atoms with Crippen molar-refractivity contribution in [2.24, 2.45) is 0 Å². The Morgan fingerprint density at radius 2 is 1.86 bits per heavy atom. The van der Waals surface area contributed by atoms with Crippen molar-refractivity contribution >= 4 is 56.3 Å². The molecule has 0 saturated carbocycles. The van der Waals surface area contributed by atoms with Crippen LogP contribution in [0.2, 0.25) is 5.02 Å². The van der Waals surface area contributed by atoms with E-state index in [9.17, 15) is 14.4 Å². The van der Waals surface area contributed by atoms with Crippen molar-refractivity contribution in [3.8, 4) is 5.75 Å². The number of aryl methyl sites for hydroxylation is 2. The summed E-state index contributed by atoms with van der Waals surface area (Å²) in [4.78, 5) is 44.4. The van der Waals surface area contributed by atoms with Gasteiger partial charge < -0.3 is 15.4 Å². The number of aromatic nitrogens is 2. The fraction of sp³-hybridized carbons (Fsp3) is 0.200. The van der Waals surface area contributed by atoms with Gasteiger partial charge in [-0.05, 0) is 56.2 Å². The molecule has 4 aromatic rings. The van der Waals surface area contributed by atoms with Gasteiger partial charge in [-0.15, -0.1) is 11.3 Å². The SMILES string of the molecule is COc1ccccc1NC(=O)c1sc2ncn(C(C)C(=O)Nc3cc(Cl)ccc3C)c(=O)c2c1C. The normalized spacial score (nSPS) is 11.8. The molecule has 0 aliphatic carbocycles. The summed E-state index contributed by atoms with van der Waals surface area (Å²) in [5, 5.41) is 6.44. The first-order valence-corrected chi connectivity index (χ1v) is 11.9. The summed E-state index contributed by atoms with van der Waals surface area (Å²) in [6.07, 6.45) is 1.33. The standard InChI is InChI=1S/C25H23ClN4O4S/c1-13-9-10-16(26)11-18(13)29-22(31)15(3)30-12-27-24-20(25(30)33)14(2)21(35-24)23(32)28-17-7-5-6-8-19(17)34-4/h5-12,15H,1-4H3,(H,28,32)(H,29,31). The summed E-state index contributed by atoms with van der Waals surface area (Å²) in [6.45, 7) is 5.16. The predicted molar refractivity (Wildman–Crippen MR) is 139 cm³/mol. The van der Waals surface area contributed by atoms with Gasteiger partial charge in [-0.3, -0.25) is 19.0 Å². The third-order valence-corrected chi connectivity index (χ3v) is 7.13. The van der Waals surface area contributed by atoms with Crippen molar-refractivity contribution in [2.45, 2.75) is 26.8 Å². The van der Waals surface area contributed by atoms with Gasteiger partial charge in [0.1, 0.15) is 16.6 Å². The molecule has 1 unspecified atom stereocenters. The second-order valence-electron chi connectivity index (χ2n) is 7.97. The molecule has 1 atom stereocenters. The summed E-state index contributed by atoms with van der Waals surface area (Å²) in [6, 6.07) is 11.4. The second-order valence-corrected chi connectivity index (χ2v) is 9.41. The van der Waals surface area contributed by atoms with Gasteiger partial charge in [-0.25, -0.2) is 4.98 Å². The van der Waals surface area contributed by atoms with Crippen molar-refractivity contribution in [3.63, 3.8) is 0 Å². The van der Waals surface area contributed by atoms with Crippen molar-refractivity contribution in [1.82, 2.24) is 9.55 Å². The molecule has 2 N–H and O–H groups in total. The summed E-state index contributed by atoms with van der Waals surface area (Å²) in [7, 11) is 1.52. The molecule has 10 heteroatoms. The molecule has 8 nitrogen and oxygen atoms in total. The Balaban J connectivity index is 1.64. The van der Waals surface area contributed by atoms with Gasteiger partial charge in [-0.2, -0.15) is 0 Å². The Bertz CT molecular complexity index is 1510. The van der Waals surface area contributed by atoms with Crippen LogP contribution in [0.3, 0.4) is 0 Å². The van der Waals surface area contributed by atoms with Crippen LogP contribution in [-0.4, -0.2) is 28.5 Å². The number of ether oxygens (including phenoxy) is 1. The van der Waals surface area contributed by atoms with Crippen LogP contribution in [0.25, 0.3) is 10.2 Å². The number of carbonyl (C=O) groups is 2. The zero-order valence-corrected chi connectivity index (χ0v) is 21.1. The number of nitrogens with one attached hydrogen (secondary N) is 2. The number of carbonyl (C=O) groups excluding carboxylic acids is 2. The molecule has 0 spiro atoms. The Kier molecular flexibility index (Phi) is 6.90. The number of hydrogen-bond donors (Lipinski definition) is 2. The molecular weight excluding hydrogens is 488 g/mol. The highest BCUT2D eigenvalue weighted by Gasteiger charge is 2.23. The van der Waals surface area contributed by atoms with Crippen LogP contribution in [0.15, 0.2) is 53.6 Å². The molecule has 35 heavy (non-hydrogen) atoms. The van der Waals surface area contributed by atoms with Gasteiger partial charge in [0.15, 0.2) is 0 Å². The highest BCUT2D eigenvalue weighted by atomic mass is 35.5. The number of fused-ring (bicyclic) bond motifs is 1. The number of para-hydroxylation sites is 2. The molecule has 0 aliphatic heterocycles. The van der Waals surface area contributed by atoms with E-state index in [4.69, 9.17) is 16.3 Å². The number of amides is 2.